The minimum atomic E-state index is 0.623. The molecular weight excluding hydrogens is 198 g/mol. The highest BCUT2D eigenvalue weighted by Crippen LogP contribution is 2.40. The molecule has 1 aromatic heterocycles. The quantitative estimate of drug-likeness (QED) is 0.843. The van der Waals surface area contributed by atoms with Gasteiger partial charge in [-0.25, -0.2) is 0 Å². The van der Waals surface area contributed by atoms with Crippen molar-refractivity contribution in [3.8, 4) is 0 Å². The van der Waals surface area contributed by atoms with Gasteiger partial charge in [0.1, 0.15) is 5.76 Å². The molecule has 1 aromatic rings. The summed E-state index contributed by atoms with van der Waals surface area (Å²) in [6.45, 7) is 6.73. The maximum absolute atomic E-state index is 5.60. The molecule has 1 N–H and O–H groups in total. The molecule has 0 saturated heterocycles. The summed E-state index contributed by atoms with van der Waals surface area (Å²) in [6, 6.07) is 4.15. The second kappa shape index (κ2) is 5.53. The van der Waals surface area contributed by atoms with Crippen molar-refractivity contribution < 1.29 is 4.42 Å². The van der Waals surface area contributed by atoms with E-state index in [9.17, 15) is 0 Å². The van der Waals surface area contributed by atoms with Crippen LogP contribution in [0.4, 0.5) is 0 Å². The van der Waals surface area contributed by atoms with E-state index in [4.69, 9.17) is 4.42 Å². The molecule has 1 aliphatic carbocycles. The van der Waals surface area contributed by atoms with Crippen LogP contribution < -0.4 is 5.32 Å². The minimum Gasteiger partial charge on any atom is -0.469 e. The highest BCUT2D eigenvalue weighted by Gasteiger charge is 2.30. The first kappa shape index (κ1) is 11.7. The zero-order valence-corrected chi connectivity index (χ0v) is 10.4. The van der Waals surface area contributed by atoms with Gasteiger partial charge in [0.25, 0.3) is 0 Å². The summed E-state index contributed by atoms with van der Waals surface area (Å²) in [7, 11) is 0. The number of nitrogens with one attached hydrogen (secondary N) is 1. The lowest BCUT2D eigenvalue weighted by Gasteiger charge is -2.33. The van der Waals surface area contributed by atoms with Gasteiger partial charge in [0, 0.05) is 5.92 Å². The van der Waals surface area contributed by atoms with Crippen LogP contribution in [-0.4, -0.2) is 13.1 Å². The molecule has 0 aromatic carbocycles. The van der Waals surface area contributed by atoms with Crippen LogP contribution in [0.2, 0.25) is 0 Å². The molecule has 3 atom stereocenters. The molecule has 90 valence electrons. The Morgan fingerprint density at radius 1 is 1.44 bits per heavy atom. The van der Waals surface area contributed by atoms with Gasteiger partial charge in [0.15, 0.2) is 0 Å². The van der Waals surface area contributed by atoms with Crippen molar-refractivity contribution >= 4 is 0 Å². The molecule has 0 aliphatic heterocycles. The zero-order chi connectivity index (χ0) is 11.4. The van der Waals surface area contributed by atoms with E-state index < -0.39 is 0 Å². The highest BCUT2D eigenvalue weighted by molar-refractivity contribution is 5.08. The molecule has 1 heterocycles. The molecule has 0 amide bonds. The Labute approximate surface area is 98.4 Å². The molecule has 2 heteroatoms. The molecule has 16 heavy (non-hydrogen) atoms. The fourth-order valence-corrected chi connectivity index (χ4v) is 2.87. The van der Waals surface area contributed by atoms with E-state index in [1.54, 1.807) is 6.26 Å². The summed E-state index contributed by atoms with van der Waals surface area (Å²) >= 11 is 0. The topological polar surface area (TPSA) is 25.2 Å². The first-order valence-corrected chi connectivity index (χ1v) is 6.55. The van der Waals surface area contributed by atoms with Crippen molar-refractivity contribution in [3.05, 3.63) is 24.2 Å². The van der Waals surface area contributed by atoms with Gasteiger partial charge in [-0.15, -0.1) is 0 Å². The highest BCUT2D eigenvalue weighted by atomic mass is 16.3. The third-order valence-electron chi connectivity index (χ3n) is 3.82. The van der Waals surface area contributed by atoms with Crippen molar-refractivity contribution in [2.75, 3.05) is 13.1 Å². The Hall–Kier alpha value is -0.760. The molecule has 1 aliphatic rings. The normalized spacial score (nSPS) is 30.5. The fourth-order valence-electron chi connectivity index (χ4n) is 2.87. The first-order valence-electron chi connectivity index (χ1n) is 6.55. The molecule has 0 bridgehead atoms. The molecule has 0 spiro atoms. The molecule has 2 rings (SSSR count). The molecule has 1 saturated carbocycles. The van der Waals surface area contributed by atoms with Gasteiger partial charge < -0.3 is 9.73 Å². The smallest absolute Gasteiger partial charge is 0.107 e. The van der Waals surface area contributed by atoms with Gasteiger partial charge in [-0.05, 0) is 49.9 Å². The van der Waals surface area contributed by atoms with Crippen LogP contribution in [-0.2, 0) is 0 Å². The van der Waals surface area contributed by atoms with Crippen LogP contribution in [0.5, 0.6) is 0 Å². The third kappa shape index (κ3) is 2.67. The predicted molar refractivity (Wildman–Crippen MR) is 66.5 cm³/mol. The summed E-state index contributed by atoms with van der Waals surface area (Å²) < 4.78 is 5.60. The number of hydrogen-bond acceptors (Lipinski definition) is 2. The van der Waals surface area contributed by atoms with Crippen LogP contribution in [0.25, 0.3) is 0 Å². The Bertz CT molecular complexity index is 292. The van der Waals surface area contributed by atoms with Gasteiger partial charge in [-0.2, -0.15) is 0 Å². The Morgan fingerprint density at radius 3 is 3.00 bits per heavy atom. The van der Waals surface area contributed by atoms with Crippen LogP contribution in [0, 0.1) is 11.8 Å². The molecule has 0 radical (unpaired) electrons. The first-order chi connectivity index (χ1) is 7.81. The second-order valence-corrected chi connectivity index (χ2v) is 5.11. The summed E-state index contributed by atoms with van der Waals surface area (Å²) in [6.07, 6.45) is 5.79. The fraction of sp³-hybridized carbons (Fsp3) is 0.714. The summed E-state index contributed by atoms with van der Waals surface area (Å²) in [5.74, 6) is 3.41. The van der Waals surface area contributed by atoms with Crippen molar-refractivity contribution in [1.29, 1.82) is 0 Å². The zero-order valence-electron chi connectivity index (χ0n) is 10.4. The average molecular weight is 221 g/mol. The van der Waals surface area contributed by atoms with Gasteiger partial charge in [-0.1, -0.05) is 20.3 Å². The van der Waals surface area contributed by atoms with E-state index in [0.717, 1.165) is 24.9 Å². The van der Waals surface area contributed by atoms with Gasteiger partial charge >= 0.3 is 0 Å². The summed E-state index contributed by atoms with van der Waals surface area (Å²) in [5, 5.41) is 3.48. The predicted octanol–water partition coefficient (Wildman–Crippen LogP) is 3.41. The Morgan fingerprint density at radius 2 is 2.31 bits per heavy atom. The van der Waals surface area contributed by atoms with E-state index in [2.05, 4.69) is 25.2 Å². The van der Waals surface area contributed by atoms with E-state index in [1.807, 2.05) is 6.07 Å². The van der Waals surface area contributed by atoms with Crippen molar-refractivity contribution in [1.82, 2.24) is 5.32 Å². The van der Waals surface area contributed by atoms with Crippen molar-refractivity contribution in [2.24, 2.45) is 11.8 Å². The summed E-state index contributed by atoms with van der Waals surface area (Å²) in [4.78, 5) is 0. The number of rotatable bonds is 4. The third-order valence-corrected chi connectivity index (χ3v) is 3.82. The number of furan rings is 1. The number of hydrogen-bond donors (Lipinski definition) is 1. The van der Waals surface area contributed by atoms with Crippen LogP contribution in [0.3, 0.4) is 0 Å². The average Bonchev–Trinajstić information content (AvgIpc) is 2.80. The van der Waals surface area contributed by atoms with Crippen LogP contribution in [0.15, 0.2) is 22.8 Å². The van der Waals surface area contributed by atoms with Crippen LogP contribution in [0.1, 0.15) is 44.8 Å². The van der Waals surface area contributed by atoms with E-state index in [0.29, 0.717) is 5.92 Å². The second-order valence-electron chi connectivity index (χ2n) is 5.11. The van der Waals surface area contributed by atoms with Crippen molar-refractivity contribution in [3.63, 3.8) is 0 Å². The SMILES string of the molecule is CCNCC1CCC(C)CC1c1ccco1. The molecule has 1 fully saturated rings. The maximum Gasteiger partial charge on any atom is 0.107 e. The largest absolute Gasteiger partial charge is 0.469 e. The molecule has 2 nitrogen and oxygen atoms in total. The Balaban J connectivity index is 2.03. The van der Waals surface area contributed by atoms with Crippen molar-refractivity contribution in [2.45, 2.75) is 39.0 Å². The standard InChI is InChI=1S/C14H23NO/c1-3-15-10-12-7-6-11(2)9-13(12)14-5-4-8-16-14/h4-5,8,11-13,15H,3,6-7,9-10H2,1-2H3. The maximum atomic E-state index is 5.60. The van der Waals surface area contributed by atoms with E-state index in [1.165, 1.54) is 25.0 Å². The van der Waals surface area contributed by atoms with Gasteiger partial charge in [-0.3, -0.25) is 0 Å². The van der Waals surface area contributed by atoms with Crippen LogP contribution >= 0.6 is 0 Å². The lowest BCUT2D eigenvalue weighted by atomic mass is 9.73. The summed E-state index contributed by atoms with van der Waals surface area (Å²) in [5.41, 5.74) is 0. The molecular formula is C14H23NO. The van der Waals surface area contributed by atoms with E-state index >= 15 is 0 Å². The monoisotopic (exact) mass is 221 g/mol. The van der Waals surface area contributed by atoms with Gasteiger partial charge in [0.2, 0.25) is 0 Å². The lowest BCUT2D eigenvalue weighted by Crippen LogP contribution is -2.31. The Kier molecular flexibility index (Phi) is 4.05. The van der Waals surface area contributed by atoms with E-state index in [-0.39, 0.29) is 0 Å². The minimum absolute atomic E-state index is 0.623. The molecule has 3 unspecified atom stereocenters. The van der Waals surface area contributed by atoms with Gasteiger partial charge in [0.05, 0.1) is 6.26 Å². The lowest BCUT2D eigenvalue weighted by molar-refractivity contribution is 0.219.